The molecule has 4 heteroatoms. The van der Waals surface area contributed by atoms with Crippen LogP contribution in [0.15, 0.2) is 60.7 Å². The summed E-state index contributed by atoms with van der Waals surface area (Å²) in [6.07, 6.45) is 2.33. The first-order chi connectivity index (χ1) is 14.5. The van der Waals surface area contributed by atoms with Crippen molar-refractivity contribution >= 4 is 11.4 Å². The van der Waals surface area contributed by atoms with Gasteiger partial charge in [0.25, 0.3) is 0 Å². The van der Waals surface area contributed by atoms with Crippen molar-refractivity contribution in [3.63, 3.8) is 0 Å². The van der Waals surface area contributed by atoms with E-state index >= 15 is 0 Å². The summed E-state index contributed by atoms with van der Waals surface area (Å²) in [6, 6.07) is 22.6. The van der Waals surface area contributed by atoms with Crippen molar-refractivity contribution in [2.45, 2.75) is 66.5 Å². The van der Waals surface area contributed by atoms with Gasteiger partial charge in [-0.3, -0.25) is 19.8 Å². The average Bonchev–Trinajstić information content (AvgIpc) is 2.74. The predicted molar refractivity (Wildman–Crippen MR) is 132 cm³/mol. The summed E-state index contributed by atoms with van der Waals surface area (Å²) in [5.74, 6) is 0. The minimum absolute atomic E-state index is 0.469. The quantitative estimate of drug-likeness (QED) is 0.293. The Balaban J connectivity index is 2.48. The summed E-state index contributed by atoms with van der Waals surface area (Å²) in [5.41, 5.74) is 2.45. The lowest BCUT2D eigenvalue weighted by Gasteiger charge is -2.45. The number of hydrazine groups is 1. The number of para-hydroxylation sites is 2. The highest BCUT2D eigenvalue weighted by atomic mass is 15.7. The van der Waals surface area contributed by atoms with Crippen molar-refractivity contribution in [1.29, 1.82) is 0 Å². The summed E-state index contributed by atoms with van der Waals surface area (Å²) < 4.78 is 0. The standard InChI is InChI=1S/C26H42N4/c1-7-19-27(20-8-2)21-29(25-15-11-9-12-16-25)30(26-17-13-10-14-18-26)22-28(23(3)4)24(5)6/h9-18,23-24H,7-8,19-22H2,1-6H3. The molecule has 0 aliphatic rings. The molecule has 0 radical (unpaired) electrons. The molecule has 0 amide bonds. The molecule has 0 saturated carbocycles. The molecule has 0 aromatic heterocycles. The number of nitrogens with zero attached hydrogens (tertiary/aromatic N) is 4. The first-order valence-corrected chi connectivity index (χ1v) is 11.6. The van der Waals surface area contributed by atoms with Gasteiger partial charge < -0.3 is 0 Å². The van der Waals surface area contributed by atoms with Crippen LogP contribution in [0.25, 0.3) is 0 Å². The van der Waals surface area contributed by atoms with Crippen LogP contribution in [0.5, 0.6) is 0 Å². The molecule has 30 heavy (non-hydrogen) atoms. The fourth-order valence-corrected chi connectivity index (χ4v) is 3.95. The van der Waals surface area contributed by atoms with Gasteiger partial charge in [-0.1, -0.05) is 50.2 Å². The fourth-order valence-electron chi connectivity index (χ4n) is 3.95. The zero-order chi connectivity index (χ0) is 21.9. The molecular weight excluding hydrogens is 368 g/mol. The van der Waals surface area contributed by atoms with Gasteiger partial charge in [0, 0.05) is 12.1 Å². The summed E-state index contributed by atoms with van der Waals surface area (Å²) >= 11 is 0. The van der Waals surface area contributed by atoms with Crippen LogP contribution in [0.2, 0.25) is 0 Å². The van der Waals surface area contributed by atoms with Crippen molar-refractivity contribution in [3.8, 4) is 0 Å². The molecule has 2 aromatic rings. The molecule has 0 aliphatic heterocycles. The monoisotopic (exact) mass is 410 g/mol. The molecule has 0 heterocycles. The summed E-state index contributed by atoms with van der Waals surface area (Å²) in [5, 5.41) is 4.91. The lowest BCUT2D eigenvalue weighted by Crippen LogP contribution is -2.55. The van der Waals surface area contributed by atoms with E-state index < -0.39 is 0 Å². The first-order valence-electron chi connectivity index (χ1n) is 11.6. The maximum atomic E-state index is 2.57. The van der Waals surface area contributed by atoms with Crippen molar-refractivity contribution < 1.29 is 0 Å². The van der Waals surface area contributed by atoms with Crippen molar-refractivity contribution in [1.82, 2.24) is 9.80 Å². The summed E-state index contributed by atoms with van der Waals surface area (Å²) in [6.45, 7) is 17.6. The molecule has 2 rings (SSSR count). The van der Waals surface area contributed by atoms with Gasteiger partial charge in [-0.15, -0.1) is 0 Å². The highest BCUT2D eigenvalue weighted by molar-refractivity contribution is 5.57. The smallest absolute Gasteiger partial charge is 0.0921 e. The van der Waals surface area contributed by atoms with Crippen LogP contribution in [-0.2, 0) is 0 Å². The Bertz CT molecular complexity index is 673. The number of anilines is 2. The molecule has 4 nitrogen and oxygen atoms in total. The van der Waals surface area contributed by atoms with E-state index in [0.29, 0.717) is 12.1 Å². The van der Waals surface area contributed by atoms with Crippen molar-refractivity contribution in [2.75, 3.05) is 36.4 Å². The molecule has 2 aromatic carbocycles. The Morgan fingerprint density at radius 1 is 0.600 bits per heavy atom. The fraction of sp³-hybridized carbons (Fsp3) is 0.538. The zero-order valence-electron chi connectivity index (χ0n) is 20.0. The third-order valence-electron chi connectivity index (χ3n) is 5.44. The maximum absolute atomic E-state index is 2.57. The lowest BCUT2D eigenvalue weighted by molar-refractivity contribution is 0.168. The second kappa shape index (κ2) is 12.6. The van der Waals surface area contributed by atoms with Gasteiger partial charge in [-0.25, -0.2) is 0 Å². The minimum Gasteiger partial charge on any atom is -0.284 e. The van der Waals surface area contributed by atoms with E-state index in [4.69, 9.17) is 0 Å². The number of benzene rings is 2. The van der Waals surface area contributed by atoms with E-state index in [1.165, 1.54) is 11.4 Å². The molecule has 0 atom stereocenters. The van der Waals surface area contributed by atoms with E-state index in [1.807, 2.05) is 0 Å². The number of rotatable bonds is 13. The van der Waals surface area contributed by atoms with Crippen LogP contribution in [0.3, 0.4) is 0 Å². The SMILES string of the molecule is CCCN(CCC)CN(c1ccccc1)N(CN(C(C)C)C(C)C)c1ccccc1. The minimum atomic E-state index is 0.469. The highest BCUT2D eigenvalue weighted by Crippen LogP contribution is 2.25. The van der Waals surface area contributed by atoms with Crippen LogP contribution < -0.4 is 10.0 Å². The molecule has 0 saturated heterocycles. The van der Waals surface area contributed by atoms with Gasteiger partial charge in [0.15, 0.2) is 0 Å². The number of hydrogen-bond acceptors (Lipinski definition) is 4. The third-order valence-corrected chi connectivity index (χ3v) is 5.44. The molecule has 0 spiro atoms. The maximum Gasteiger partial charge on any atom is 0.0921 e. The Kier molecular flexibility index (Phi) is 10.2. The normalized spacial score (nSPS) is 11.7. The summed E-state index contributed by atoms with van der Waals surface area (Å²) in [7, 11) is 0. The largest absolute Gasteiger partial charge is 0.284 e. The second-order valence-electron chi connectivity index (χ2n) is 8.57. The van der Waals surface area contributed by atoms with Gasteiger partial charge in [-0.2, -0.15) is 0 Å². The molecule has 0 fully saturated rings. The van der Waals surface area contributed by atoms with E-state index in [0.717, 1.165) is 39.3 Å². The van der Waals surface area contributed by atoms with Gasteiger partial charge in [0.05, 0.1) is 24.7 Å². The number of hydrogen-bond donors (Lipinski definition) is 0. The Labute approximate surface area is 185 Å². The molecule has 0 unspecified atom stereocenters. The van der Waals surface area contributed by atoms with E-state index in [-0.39, 0.29) is 0 Å². The van der Waals surface area contributed by atoms with Gasteiger partial charge in [0.2, 0.25) is 0 Å². The van der Waals surface area contributed by atoms with Gasteiger partial charge >= 0.3 is 0 Å². The van der Waals surface area contributed by atoms with Gasteiger partial charge in [0.1, 0.15) is 0 Å². The van der Waals surface area contributed by atoms with E-state index in [2.05, 4.69) is 122 Å². The van der Waals surface area contributed by atoms with Crippen molar-refractivity contribution in [3.05, 3.63) is 60.7 Å². The van der Waals surface area contributed by atoms with E-state index in [9.17, 15) is 0 Å². The summed E-state index contributed by atoms with van der Waals surface area (Å²) in [4.78, 5) is 5.12. The zero-order valence-corrected chi connectivity index (χ0v) is 20.0. The first kappa shape index (κ1) is 24.2. The van der Waals surface area contributed by atoms with Crippen molar-refractivity contribution in [2.24, 2.45) is 0 Å². The Hall–Kier alpha value is -2.04. The third kappa shape index (κ3) is 7.03. The topological polar surface area (TPSA) is 13.0 Å². The molecule has 0 N–H and O–H groups in total. The molecule has 0 aliphatic carbocycles. The van der Waals surface area contributed by atoms with Crippen LogP contribution >= 0.6 is 0 Å². The average molecular weight is 411 g/mol. The van der Waals surface area contributed by atoms with Crippen LogP contribution in [-0.4, -0.2) is 48.3 Å². The lowest BCUT2D eigenvalue weighted by atomic mass is 10.2. The molecule has 0 bridgehead atoms. The highest BCUT2D eigenvalue weighted by Gasteiger charge is 2.24. The molecule has 166 valence electrons. The van der Waals surface area contributed by atoms with Gasteiger partial charge in [-0.05, 0) is 77.9 Å². The molecular formula is C26H42N4. The second-order valence-corrected chi connectivity index (χ2v) is 8.57. The Morgan fingerprint density at radius 2 is 1.00 bits per heavy atom. The van der Waals surface area contributed by atoms with Crippen LogP contribution in [0, 0.1) is 0 Å². The van der Waals surface area contributed by atoms with Crippen LogP contribution in [0.1, 0.15) is 54.4 Å². The van der Waals surface area contributed by atoms with E-state index in [1.54, 1.807) is 0 Å². The Morgan fingerprint density at radius 3 is 1.37 bits per heavy atom. The predicted octanol–water partition coefficient (Wildman–Crippen LogP) is 6.07. The van der Waals surface area contributed by atoms with Crippen LogP contribution in [0.4, 0.5) is 11.4 Å².